The molecule has 2 heterocycles. The minimum Gasteiger partial charge on any atom is -0.300 e. The van der Waals surface area contributed by atoms with E-state index in [1.165, 1.54) is 32.4 Å². The van der Waals surface area contributed by atoms with E-state index in [1.807, 2.05) is 0 Å². The predicted molar refractivity (Wildman–Crippen MR) is 60.9 cm³/mol. The summed E-state index contributed by atoms with van der Waals surface area (Å²) in [4.78, 5) is 2.74. The molecule has 0 N–H and O–H groups in total. The number of hydrogen-bond acceptors (Lipinski definition) is 1. The summed E-state index contributed by atoms with van der Waals surface area (Å²) in [5.41, 5.74) is 0. The standard InChI is InChI=1S/C11H23NSi/c1-13(2,3)9-10-6-8-12-7-4-5-11(10)12/h10-11H,4-9H2,1-3H3/t10-,11-/m0/s1. The molecule has 2 saturated heterocycles. The van der Waals surface area contributed by atoms with Gasteiger partial charge in [0.2, 0.25) is 0 Å². The molecule has 13 heavy (non-hydrogen) atoms. The molecule has 0 aliphatic carbocycles. The third-order valence-corrected chi connectivity index (χ3v) is 5.37. The first-order chi connectivity index (χ1) is 6.06. The zero-order valence-corrected chi connectivity index (χ0v) is 10.3. The summed E-state index contributed by atoms with van der Waals surface area (Å²) in [6.45, 7) is 10.4. The van der Waals surface area contributed by atoms with Gasteiger partial charge in [-0.3, -0.25) is 0 Å². The fraction of sp³-hybridized carbons (Fsp3) is 1.00. The summed E-state index contributed by atoms with van der Waals surface area (Å²) in [5, 5.41) is 0. The Morgan fingerprint density at radius 3 is 2.62 bits per heavy atom. The van der Waals surface area contributed by atoms with E-state index in [0.29, 0.717) is 0 Å². The molecule has 76 valence electrons. The van der Waals surface area contributed by atoms with E-state index in [0.717, 1.165) is 12.0 Å². The second-order valence-corrected chi connectivity index (χ2v) is 11.6. The minimum absolute atomic E-state index is 0.809. The normalized spacial score (nSPS) is 35.3. The number of nitrogens with zero attached hydrogens (tertiary/aromatic N) is 1. The van der Waals surface area contributed by atoms with Gasteiger partial charge in [-0.2, -0.15) is 0 Å². The number of hydrogen-bond donors (Lipinski definition) is 0. The van der Waals surface area contributed by atoms with Gasteiger partial charge in [-0.15, -0.1) is 0 Å². The van der Waals surface area contributed by atoms with E-state index >= 15 is 0 Å². The topological polar surface area (TPSA) is 3.24 Å². The first kappa shape index (κ1) is 9.72. The van der Waals surface area contributed by atoms with Crippen LogP contribution in [0.1, 0.15) is 19.3 Å². The third-order valence-electron chi connectivity index (χ3n) is 3.62. The highest BCUT2D eigenvalue weighted by atomic mass is 28.3. The van der Waals surface area contributed by atoms with Crippen molar-refractivity contribution in [3.8, 4) is 0 Å². The van der Waals surface area contributed by atoms with Crippen molar-refractivity contribution in [2.45, 2.75) is 51.0 Å². The van der Waals surface area contributed by atoms with Crippen molar-refractivity contribution in [2.75, 3.05) is 13.1 Å². The molecule has 1 nitrogen and oxygen atoms in total. The zero-order chi connectivity index (χ0) is 9.47. The third kappa shape index (κ3) is 2.16. The highest BCUT2D eigenvalue weighted by Gasteiger charge is 2.38. The molecule has 0 spiro atoms. The molecule has 0 unspecified atom stereocenters. The van der Waals surface area contributed by atoms with Crippen LogP contribution in [0.25, 0.3) is 0 Å². The molecule has 0 aromatic heterocycles. The van der Waals surface area contributed by atoms with Crippen molar-refractivity contribution in [3.05, 3.63) is 0 Å². The van der Waals surface area contributed by atoms with Crippen molar-refractivity contribution in [3.63, 3.8) is 0 Å². The quantitative estimate of drug-likeness (QED) is 0.615. The SMILES string of the molecule is C[Si](C)(C)C[C@@H]1CCN2CCC[C@@H]12. The van der Waals surface area contributed by atoms with E-state index < -0.39 is 8.07 Å². The molecule has 0 aromatic carbocycles. The average molecular weight is 197 g/mol. The van der Waals surface area contributed by atoms with Crippen molar-refractivity contribution >= 4 is 8.07 Å². The maximum absolute atomic E-state index is 2.74. The van der Waals surface area contributed by atoms with Gasteiger partial charge in [0.05, 0.1) is 0 Å². The van der Waals surface area contributed by atoms with Crippen LogP contribution in [0.3, 0.4) is 0 Å². The summed E-state index contributed by atoms with van der Waals surface area (Å²) in [7, 11) is -0.809. The molecule has 2 fully saturated rings. The van der Waals surface area contributed by atoms with Crippen LogP contribution in [0.4, 0.5) is 0 Å². The Labute approximate surface area is 83.5 Å². The Hall–Kier alpha value is 0.177. The lowest BCUT2D eigenvalue weighted by atomic mass is 10.0. The van der Waals surface area contributed by atoms with Gasteiger partial charge in [-0.05, 0) is 38.3 Å². The monoisotopic (exact) mass is 197 g/mol. The van der Waals surface area contributed by atoms with Gasteiger partial charge in [-0.1, -0.05) is 25.7 Å². The van der Waals surface area contributed by atoms with Crippen LogP contribution in [-0.2, 0) is 0 Å². The van der Waals surface area contributed by atoms with Crippen LogP contribution < -0.4 is 0 Å². The highest BCUT2D eigenvalue weighted by molar-refractivity contribution is 6.76. The highest BCUT2D eigenvalue weighted by Crippen LogP contribution is 2.37. The van der Waals surface area contributed by atoms with E-state index in [2.05, 4.69) is 24.5 Å². The second kappa shape index (κ2) is 3.39. The first-order valence-corrected chi connectivity index (χ1v) is 9.51. The second-order valence-electron chi connectivity index (χ2n) is 6.06. The largest absolute Gasteiger partial charge is 0.300 e. The Kier molecular flexibility index (Phi) is 2.54. The van der Waals surface area contributed by atoms with E-state index in [1.54, 1.807) is 6.04 Å². The fourth-order valence-electron chi connectivity index (χ4n) is 3.21. The van der Waals surface area contributed by atoms with E-state index in [4.69, 9.17) is 0 Å². The molecule has 2 aliphatic heterocycles. The van der Waals surface area contributed by atoms with Gasteiger partial charge in [0, 0.05) is 14.1 Å². The lowest BCUT2D eigenvalue weighted by molar-refractivity contribution is 0.298. The smallest absolute Gasteiger partial charge is 0.0446 e. The average Bonchev–Trinajstić information content (AvgIpc) is 2.50. The Balaban J connectivity index is 1.94. The molecule has 0 aromatic rings. The predicted octanol–water partition coefficient (Wildman–Crippen LogP) is 2.81. The molecule has 0 saturated carbocycles. The number of rotatable bonds is 2. The Morgan fingerprint density at radius 1 is 1.15 bits per heavy atom. The van der Waals surface area contributed by atoms with Crippen LogP contribution in [-0.4, -0.2) is 32.1 Å². The molecular formula is C11H23NSi. The molecule has 0 bridgehead atoms. The van der Waals surface area contributed by atoms with Gasteiger partial charge >= 0.3 is 0 Å². The fourth-order valence-corrected chi connectivity index (χ4v) is 5.26. The van der Waals surface area contributed by atoms with Gasteiger partial charge in [0.15, 0.2) is 0 Å². The van der Waals surface area contributed by atoms with Crippen LogP contribution in [0.2, 0.25) is 25.7 Å². The molecule has 2 atom stereocenters. The first-order valence-electron chi connectivity index (χ1n) is 5.80. The minimum atomic E-state index is -0.809. The van der Waals surface area contributed by atoms with Crippen LogP contribution >= 0.6 is 0 Å². The van der Waals surface area contributed by atoms with Gasteiger partial charge in [0.1, 0.15) is 0 Å². The zero-order valence-electron chi connectivity index (χ0n) is 9.34. The van der Waals surface area contributed by atoms with Crippen LogP contribution in [0.15, 0.2) is 0 Å². The summed E-state index contributed by atoms with van der Waals surface area (Å²) >= 11 is 0. The van der Waals surface area contributed by atoms with Gasteiger partial charge in [0.25, 0.3) is 0 Å². The maximum atomic E-state index is 2.74. The van der Waals surface area contributed by atoms with E-state index in [-0.39, 0.29) is 0 Å². The lowest BCUT2D eigenvalue weighted by Crippen LogP contribution is -2.31. The van der Waals surface area contributed by atoms with E-state index in [9.17, 15) is 0 Å². The molecule has 2 aliphatic rings. The van der Waals surface area contributed by atoms with Crippen LogP contribution in [0.5, 0.6) is 0 Å². The van der Waals surface area contributed by atoms with Crippen molar-refractivity contribution in [1.29, 1.82) is 0 Å². The summed E-state index contributed by atoms with van der Waals surface area (Å²) in [6, 6.07) is 2.56. The molecule has 2 rings (SSSR count). The lowest BCUT2D eigenvalue weighted by Gasteiger charge is -2.26. The maximum Gasteiger partial charge on any atom is 0.0446 e. The van der Waals surface area contributed by atoms with Gasteiger partial charge < -0.3 is 4.90 Å². The van der Waals surface area contributed by atoms with Crippen LogP contribution in [0, 0.1) is 5.92 Å². The molecule has 0 amide bonds. The molecule has 0 radical (unpaired) electrons. The van der Waals surface area contributed by atoms with Crippen molar-refractivity contribution in [2.24, 2.45) is 5.92 Å². The Morgan fingerprint density at radius 2 is 1.92 bits per heavy atom. The number of fused-ring (bicyclic) bond motifs is 1. The molecule has 2 heteroatoms. The summed E-state index contributed by atoms with van der Waals surface area (Å²) in [6.07, 6.45) is 4.46. The Bertz CT molecular complexity index is 185. The van der Waals surface area contributed by atoms with Gasteiger partial charge in [-0.25, -0.2) is 0 Å². The summed E-state index contributed by atoms with van der Waals surface area (Å²) < 4.78 is 0. The van der Waals surface area contributed by atoms with Crippen molar-refractivity contribution < 1.29 is 0 Å². The summed E-state index contributed by atoms with van der Waals surface area (Å²) in [5.74, 6) is 1.06. The molecular weight excluding hydrogens is 174 g/mol. The van der Waals surface area contributed by atoms with Crippen molar-refractivity contribution in [1.82, 2.24) is 4.90 Å².